The van der Waals surface area contributed by atoms with Crippen LogP contribution in [0.25, 0.3) is 11.1 Å². The van der Waals surface area contributed by atoms with E-state index in [1.807, 2.05) is 24.3 Å². The van der Waals surface area contributed by atoms with Crippen molar-refractivity contribution in [3.63, 3.8) is 0 Å². The van der Waals surface area contributed by atoms with Crippen LogP contribution in [0.4, 0.5) is 0 Å². The molecule has 1 aliphatic heterocycles. The number of fused-ring (bicyclic) bond motifs is 3. The van der Waals surface area contributed by atoms with Crippen molar-refractivity contribution in [3.8, 4) is 22.6 Å². The summed E-state index contributed by atoms with van der Waals surface area (Å²) >= 11 is 0. The van der Waals surface area contributed by atoms with Gasteiger partial charge in [0.2, 0.25) is 0 Å². The highest BCUT2D eigenvalue weighted by Crippen LogP contribution is 2.39. The molecular weight excluding hydrogens is 254 g/mol. The molecule has 20 heavy (non-hydrogen) atoms. The highest BCUT2D eigenvalue weighted by molar-refractivity contribution is 5.79. The van der Waals surface area contributed by atoms with Crippen molar-refractivity contribution in [2.24, 2.45) is 5.73 Å². The summed E-state index contributed by atoms with van der Waals surface area (Å²) in [6.45, 7) is 2.16. The van der Waals surface area contributed by atoms with Gasteiger partial charge in [0.15, 0.2) is 6.10 Å². The Balaban J connectivity index is 1.94. The first kappa shape index (κ1) is 12.5. The smallest absolute Gasteiger partial charge is 0.258 e. The van der Waals surface area contributed by atoms with E-state index < -0.39 is 12.0 Å². The summed E-state index contributed by atoms with van der Waals surface area (Å²) in [6, 6.07) is 13.7. The second kappa shape index (κ2) is 4.89. The van der Waals surface area contributed by atoms with Crippen LogP contribution in [-0.4, -0.2) is 12.0 Å². The third-order valence-electron chi connectivity index (χ3n) is 3.36. The van der Waals surface area contributed by atoms with Crippen LogP contribution < -0.4 is 15.2 Å². The second-order valence-electron chi connectivity index (χ2n) is 4.77. The van der Waals surface area contributed by atoms with Gasteiger partial charge < -0.3 is 15.2 Å². The number of amides is 1. The Morgan fingerprint density at radius 1 is 1.25 bits per heavy atom. The van der Waals surface area contributed by atoms with Gasteiger partial charge in [-0.15, -0.1) is 0 Å². The summed E-state index contributed by atoms with van der Waals surface area (Å²) in [5.41, 5.74) is 8.56. The van der Waals surface area contributed by atoms with Gasteiger partial charge >= 0.3 is 0 Å². The van der Waals surface area contributed by atoms with Crippen molar-refractivity contribution in [1.29, 1.82) is 0 Å². The molecule has 3 rings (SSSR count). The van der Waals surface area contributed by atoms with E-state index in [9.17, 15) is 4.79 Å². The van der Waals surface area contributed by atoms with Crippen LogP contribution in [0.5, 0.6) is 11.5 Å². The molecule has 0 saturated carbocycles. The van der Waals surface area contributed by atoms with Crippen molar-refractivity contribution in [2.45, 2.75) is 19.6 Å². The van der Waals surface area contributed by atoms with Crippen molar-refractivity contribution in [1.82, 2.24) is 0 Å². The van der Waals surface area contributed by atoms with E-state index in [4.69, 9.17) is 15.2 Å². The van der Waals surface area contributed by atoms with E-state index in [1.54, 1.807) is 13.0 Å². The molecule has 0 aliphatic carbocycles. The first-order chi connectivity index (χ1) is 9.65. The van der Waals surface area contributed by atoms with E-state index in [-0.39, 0.29) is 0 Å². The Labute approximate surface area is 117 Å². The average molecular weight is 269 g/mol. The third kappa shape index (κ3) is 2.20. The minimum Gasteiger partial charge on any atom is -0.488 e. The minimum absolute atomic E-state index is 0.492. The van der Waals surface area contributed by atoms with Gasteiger partial charge in [0, 0.05) is 11.6 Å². The van der Waals surface area contributed by atoms with Crippen LogP contribution >= 0.6 is 0 Å². The molecule has 102 valence electrons. The molecule has 0 fully saturated rings. The van der Waals surface area contributed by atoms with Gasteiger partial charge in [0.25, 0.3) is 5.91 Å². The number of carbonyl (C=O) groups is 1. The molecule has 2 N–H and O–H groups in total. The Kier molecular flexibility index (Phi) is 3.06. The SMILES string of the molecule is C[C@H](Oc1ccc2c(c1)OCc1ccccc1-2)C(N)=O. The molecule has 1 aliphatic rings. The van der Waals surface area contributed by atoms with Crippen molar-refractivity contribution in [2.75, 3.05) is 0 Å². The van der Waals surface area contributed by atoms with Gasteiger partial charge in [-0.2, -0.15) is 0 Å². The Bertz CT molecular complexity index is 667. The number of primary amides is 1. The lowest BCUT2D eigenvalue weighted by molar-refractivity contribution is -0.123. The second-order valence-corrected chi connectivity index (χ2v) is 4.77. The summed E-state index contributed by atoms with van der Waals surface area (Å²) in [6.07, 6.45) is -0.663. The fourth-order valence-corrected chi connectivity index (χ4v) is 2.24. The fourth-order valence-electron chi connectivity index (χ4n) is 2.24. The first-order valence-electron chi connectivity index (χ1n) is 6.46. The number of hydrogen-bond donors (Lipinski definition) is 1. The number of carbonyl (C=O) groups excluding carboxylic acids is 1. The first-order valence-corrected chi connectivity index (χ1v) is 6.46. The molecule has 0 saturated heterocycles. The van der Waals surface area contributed by atoms with E-state index in [2.05, 4.69) is 12.1 Å². The molecule has 0 radical (unpaired) electrons. The molecule has 0 bridgehead atoms. The quantitative estimate of drug-likeness (QED) is 0.931. The lowest BCUT2D eigenvalue weighted by Crippen LogP contribution is -2.30. The van der Waals surface area contributed by atoms with Crippen LogP contribution in [0.3, 0.4) is 0 Å². The van der Waals surface area contributed by atoms with Crippen LogP contribution in [0.15, 0.2) is 42.5 Å². The van der Waals surface area contributed by atoms with E-state index in [0.29, 0.717) is 12.4 Å². The number of nitrogens with two attached hydrogens (primary N) is 1. The van der Waals surface area contributed by atoms with Gasteiger partial charge in [-0.3, -0.25) is 4.79 Å². The van der Waals surface area contributed by atoms with Crippen LogP contribution in [-0.2, 0) is 11.4 Å². The zero-order chi connectivity index (χ0) is 14.1. The van der Waals surface area contributed by atoms with Crippen molar-refractivity contribution < 1.29 is 14.3 Å². The predicted octanol–water partition coefficient (Wildman–Crippen LogP) is 2.50. The van der Waals surface area contributed by atoms with Crippen molar-refractivity contribution >= 4 is 5.91 Å². The lowest BCUT2D eigenvalue weighted by atomic mass is 9.97. The Hall–Kier alpha value is -2.49. The average Bonchev–Trinajstić information content (AvgIpc) is 2.46. The zero-order valence-corrected chi connectivity index (χ0v) is 11.1. The summed E-state index contributed by atoms with van der Waals surface area (Å²) in [7, 11) is 0. The molecule has 0 unspecified atom stereocenters. The van der Waals surface area contributed by atoms with Crippen molar-refractivity contribution in [3.05, 3.63) is 48.0 Å². The molecular formula is C16H15NO3. The fraction of sp³-hybridized carbons (Fsp3) is 0.188. The van der Waals surface area contributed by atoms with E-state index in [0.717, 1.165) is 11.3 Å². The standard InChI is InChI=1S/C16H15NO3/c1-10(16(17)18)20-12-6-7-14-13-5-3-2-4-11(13)9-19-15(14)8-12/h2-8,10H,9H2,1H3,(H2,17,18)/t10-/m0/s1. The number of rotatable bonds is 3. The van der Waals surface area contributed by atoms with Crippen LogP contribution in [0, 0.1) is 0 Å². The molecule has 1 heterocycles. The van der Waals surface area contributed by atoms with Gasteiger partial charge in [0.1, 0.15) is 18.1 Å². The normalized spacial score (nSPS) is 13.7. The summed E-state index contributed by atoms with van der Waals surface area (Å²) < 4.78 is 11.2. The number of hydrogen-bond acceptors (Lipinski definition) is 3. The molecule has 2 aromatic carbocycles. The summed E-state index contributed by atoms with van der Waals surface area (Å²) in [5, 5.41) is 0. The molecule has 1 amide bonds. The number of benzene rings is 2. The van der Waals surface area contributed by atoms with Crippen LogP contribution in [0.2, 0.25) is 0 Å². The monoisotopic (exact) mass is 269 g/mol. The van der Waals surface area contributed by atoms with E-state index >= 15 is 0 Å². The Morgan fingerprint density at radius 3 is 2.85 bits per heavy atom. The minimum atomic E-state index is -0.663. The van der Waals surface area contributed by atoms with Gasteiger partial charge in [-0.1, -0.05) is 24.3 Å². The molecule has 0 spiro atoms. The zero-order valence-electron chi connectivity index (χ0n) is 11.1. The largest absolute Gasteiger partial charge is 0.488 e. The topological polar surface area (TPSA) is 61.6 Å². The molecule has 4 nitrogen and oxygen atoms in total. The summed E-state index contributed by atoms with van der Waals surface area (Å²) in [4.78, 5) is 11.0. The molecule has 0 aromatic heterocycles. The lowest BCUT2D eigenvalue weighted by Gasteiger charge is -2.21. The summed E-state index contributed by atoms with van der Waals surface area (Å²) in [5.74, 6) is 0.848. The highest BCUT2D eigenvalue weighted by atomic mass is 16.5. The molecule has 1 atom stereocenters. The molecule has 4 heteroatoms. The highest BCUT2D eigenvalue weighted by Gasteiger charge is 2.18. The van der Waals surface area contributed by atoms with E-state index in [1.165, 1.54) is 11.1 Å². The maximum atomic E-state index is 11.0. The maximum Gasteiger partial charge on any atom is 0.258 e. The number of ether oxygens (including phenoxy) is 2. The van der Waals surface area contributed by atoms with Gasteiger partial charge in [-0.25, -0.2) is 0 Å². The van der Waals surface area contributed by atoms with Crippen LogP contribution in [0.1, 0.15) is 12.5 Å². The predicted molar refractivity (Wildman–Crippen MR) is 75.5 cm³/mol. The third-order valence-corrected chi connectivity index (χ3v) is 3.36. The van der Waals surface area contributed by atoms with Gasteiger partial charge in [0.05, 0.1) is 0 Å². The van der Waals surface area contributed by atoms with Gasteiger partial charge in [-0.05, 0) is 30.2 Å². The Morgan fingerprint density at radius 2 is 2.05 bits per heavy atom. The maximum absolute atomic E-state index is 11.0. The molecule has 2 aromatic rings.